The number of nitriles is 1. The van der Waals surface area contributed by atoms with Gasteiger partial charge in [0.1, 0.15) is 21.6 Å². The van der Waals surface area contributed by atoms with Crippen LogP contribution in [0.3, 0.4) is 0 Å². The number of aryl methyl sites for hydroxylation is 2. The minimum atomic E-state index is -0.194. The normalized spacial score (nSPS) is 10.7. The van der Waals surface area contributed by atoms with Crippen molar-refractivity contribution in [3.63, 3.8) is 0 Å². The summed E-state index contributed by atoms with van der Waals surface area (Å²) in [5, 5.41) is 9.56. The fraction of sp³-hybridized carbons (Fsp3) is 0.133. The molecule has 4 nitrogen and oxygen atoms in total. The van der Waals surface area contributed by atoms with Crippen molar-refractivity contribution in [3.8, 4) is 17.5 Å². The van der Waals surface area contributed by atoms with Gasteiger partial charge in [-0.05, 0) is 19.4 Å². The SMILES string of the molecule is Cc1ccc(-c2nc3sc(C#N)c(C)c3c(=O)[nH]2)cc1. The van der Waals surface area contributed by atoms with Crippen LogP contribution in [0.2, 0.25) is 0 Å². The topological polar surface area (TPSA) is 69.5 Å². The summed E-state index contributed by atoms with van der Waals surface area (Å²) in [6.45, 7) is 3.78. The second-order valence-electron chi connectivity index (χ2n) is 4.63. The molecule has 0 aliphatic rings. The van der Waals surface area contributed by atoms with E-state index in [4.69, 9.17) is 5.26 Å². The molecule has 0 fully saturated rings. The number of thiophene rings is 1. The average molecular weight is 281 g/mol. The molecule has 98 valence electrons. The molecule has 1 N–H and O–H groups in total. The van der Waals surface area contributed by atoms with Gasteiger partial charge in [-0.1, -0.05) is 29.8 Å². The molecule has 1 aromatic carbocycles. The van der Waals surface area contributed by atoms with E-state index >= 15 is 0 Å². The number of hydrogen-bond acceptors (Lipinski definition) is 4. The zero-order chi connectivity index (χ0) is 14.3. The molecule has 0 bridgehead atoms. The van der Waals surface area contributed by atoms with Crippen LogP contribution in [0.25, 0.3) is 21.6 Å². The van der Waals surface area contributed by atoms with Crippen LogP contribution in [0.15, 0.2) is 29.1 Å². The summed E-state index contributed by atoms with van der Waals surface area (Å²) in [5.41, 5.74) is 2.52. The van der Waals surface area contributed by atoms with Crippen molar-refractivity contribution >= 4 is 21.6 Å². The zero-order valence-electron chi connectivity index (χ0n) is 11.0. The third-order valence-electron chi connectivity index (χ3n) is 3.23. The van der Waals surface area contributed by atoms with E-state index in [0.29, 0.717) is 26.5 Å². The van der Waals surface area contributed by atoms with Gasteiger partial charge in [-0.2, -0.15) is 5.26 Å². The van der Waals surface area contributed by atoms with Crippen LogP contribution >= 0.6 is 11.3 Å². The summed E-state index contributed by atoms with van der Waals surface area (Å²) >= 11 is 1.26. The summed E-state index contributed by atoms with van der Waals surface area (Å²) in [4.78, 5) is 20.6. The van der Waals surface area contributed by atoms with Crippen LogP contribution in [-0.4, -0.2) is 9.97 Å². The van der Waals surface area contributed by atoms with Crippen molar-refractivity contribution in [2.75, 3.05) is 0 Å². The van der Waals surface area contributed by atoms with Crippen LogP contribution in [0.4, 0.5) is 0 Å². The molecule has 0 aliphatic heterocycles. The Morgan fingerprint density at radius 1 is 1.25 bits per heavy atom. The molecule has 0 spiro atoms. The van der Waals surface area contributed by atoms with Gasteiger partial charge in [0.25, 0.3) is 5.56 Å². The first-order valence-electron chi connectivity index (χ1n) is 6.10. The van der Waals surface area contributed by atoms with Crippen LogP contribution in [0.1, 0.15) is 16.0 Å². The highest BCUT2D eigenvalue weighted by Crippen LogP contribution is 2.27. The van der Waals surface area contributed by atoms with Crippen molar-refractivity contribution in [1.29, 1.82) is 5.26 Å². The van der Waals surface area contributed by atoms with E-state index in [1.54, 1.807) is 6.92 Å². The number of nitrogens with zero attached hydrogens (tertiary/aromatic N) is 2. The van der Waals surface area contributed by atoms with E-state index < -0.39 is 0 Å². The molecular weight excluding hydrogens is 270 g/mol. The first-order chi connectivity index (χ1) is 9.60. The molecule has 0 aliphatic carbocycles. The maximum Gasteiger partial charge on any atom is 0.260 e. The second-order valence-corrected chi connectivity index (χ2v) is 5.63. The van der Waals surface area contributed by atoms with E-state index in [2.05, 4.69) is 16.0 Å². The Labute approximate surface area is 119 Å². The Kier molecular flexibility index (Phi) is 2.88. The molecule has 0 saturated heterocycles. The number of aromatic nitrogens is 2. The van der Waals surface area contributed by atoms with Crippen molar-refractivity contribution in [2.45, 2.75) is 13.8 Å². The quantitative estimate of drug-likeness (QED) is 0.745. The van der Waals surface area contributed by atoms with Gasteiger partial charge >= 0.3 is 0 Å². The molecule has 0 amide bonds. The molecule has 3 rings (SSSR count). The van der Waals surface area contributed by atoms with Crippen LogP contribution in [0.5, 0.6) is 0 Å². The van der Waals surface area contributed by atoms with Crippen molar-refractivity contribution in [2.24, 2.45) is 0 Å². The predicted octanol–water partition coefficient (Wildman–Crippen LogP) is 3.14. The molecule has 2 heterocycles. The molecule has 3 aromatic rings. The van der Waals surface area contributed by atoms with Gasteiger partial charge in [-0.25, -0.2) is 4.98 Å². The van der Waals surface area contributed by atoms with E-state index in [0.717, 1.165) is 11.1 Å². The Balaban J connectivity index is 2.28. The second kappa shape index (κ2) is 4.58. The maximum atomic E-state index is 12.2. The van der Waals surface area contributed by atoms with E-state index in [1.165, 1.54) is 11.3 Å². The number of rotatable bonds is 1. The molecule has 0 saturated carbocycles. The van der Waals surface area contributed by atoms with Gasteiger partial charge in [0.15, 0.2) is 0 Å². The molecule has 0 unspecified atom stereocenters. The molecule has 0 radical (unpaired) electrons. The monoisotopic (exact) mass is 281 g/mol. The standard InChI is InChI=1S/C15H11N3OS/c1-8-3-5-10(6-4-8)13-17-14(19)12-9(2)11(7-16)20-15(12)18-13/h3-6H,1-2H3,(H,17,18,19). The van der Waals surface area contributed by atoms with Crippen molar-refractivity contribution in [1.82, 2.24) is 9.97 Å². The number of fused-ring (bicyclic) bond motifs is 1. The lowest BCUT2D eigenvalue weighted by atomic mass is 10.1. The predicted molar refractivity (Wildman–Crippen MR) is 79.9 cm³/mol. The highest BCUT2D eigenvalue weighted by molar-refractivity contribution is 7.19. The Hall–Kier alpha value is -2.45. The van der Waals surface area contributed by atoms with Gasteiger partial charge in [0, 0.05) is 5.56 Å². The van der Waals surface area contributed by atoms with Gasteiger partial charge in [0.05, 0.1) is 5.39 Å². The fourth-order valence-corrected chi connectivity index (χ4v) is 3.08. The minimum absolute atomic E-state index is 0.194. The first kappa shape index (κ1) is 12.6. The van der Waals surface area contributed by atoms with E-state index in [9.17, 15) is 4.79 Å². The number of hydrogen-bond donors (Lipinski definition) is 1. The average Bonchev–Trinajstić information content (AvgIpc) is 2.76. The lowest BCUT2D eigenvalue weighted by molar-refractivity contribution is 1.18. The third kappa shape index (κ3) is 1.91. The number of benzene rings is 1. The molecule has 2 aromatic heterocycles. The molecular formula is C15H11N3OS. The van der Waals surface area contributed by atoms with Crippen LogP contribution in [-0.2, 0) is 0 Å². The largest absolute Gasteiger partial charge is 0.306 e. The summed E-state index contributed by atoms with van der Waals surface area (Å²) in [5.74, 6) is 0.535. The lowest BCUT2D eigenvalue weighted by Crippen LogP contribution is -2.09. The summed E-state index contributed by atoms with van der Waals surface area (Å²) in [6, 6.07) is 9.89. The zero-order valence-corrected chi connectivity index (χ0v) is 11.8. The molecule has 0 atom stereocenters. The smallest absolute Gasteiger partial charge is 0.260 e. The number of H-pyrrole nitrogens is 1. The Morgan fingerprint density at radius 2 is 1.95 bits per heavy atom. The van der Waals surface area contributed by atoms with Gasteiger partial charge in [-0.3, -0.25) is 4.79 Å². The highest BCUT2D eigenvalue weighted by Gasteiger charge is 2.14. The van der Waals surface area contributed by atoms with Gasteiger partial charge < -0.3 is 4.98 Å². The molecule has 20 heavy (non-hydrogen) atoms. The van der Waals surface area contributed by atoms with Crippen molar-refractivity contribution < 1.29 is 0 Å². The Bertz CT molecular complexity index is 898. The maximum absolute atomic E-state index is 12.2. The van der Waals surface area contributed by atoms with Crippen molar-refractivity contribution in [3.05, 3.63) is 50.6 Å². The van der Waals surface area contributed by atoms with Crippen LogP contribution in [0, 0.1) is 25.2 Å². The van der Waals surface area contributed by atoms with Gasteiger partial charge in [0.2, 0.25) is 0 Å². The molecule has 5 heteroatoms. The number of aromatic amines is 1. The Morgan fingerprint density at radius 3 is 2.60 bits per heavy atom. The lowest BCUT2D eigenvalue weighted by Gasteiger charge is -2.01. The van der Waals surface area contributed by atoms with Crippen LogP contribution < -0.4 is 5.56 Å². The third-order valence-corrected chi connectivity index (χ3v) is 4.32. The van der Waals surface area contributed by atoms with E-state index in [1.807, 2.05) is 31.2 Å². The summed E-state index contributed by atoms with van der Waals surface area (Å²) < 4.78 is 0. The minimum Gasteiger partial charge on any atom is -0.306 e. The fourth-order valence-electron chi connectivity index (χ4n) is 2.10. The summed E-state index contributed by atoms with van der Waals surface area (Å²) in [7, 11) is 0. The van der Waals surface area contributed by atoms with Gasteiger partial charge in [-0.15, -0.1) is 11.3 Å². The number of nitrogens with one attached hydrogen (secondary N) is 1. The highest BCUT2D eigenvalue weighted by atomic mass is 32.1. The van der Waals surface area contributed by atoms with E-state index in [-0.39, 0.29) is 5.56 Å². The first-order valence-corrected chi connectivity index (χ1v) is 6.92. The summed E-state index contributed by atoms with van der Waals surface area (Å²) in [6.07, 6.45) is 0.